The molecule has 0 unspecified atom stereocenters. The Bertz CT molecular complexity index is 1190. The summed E-state index contributed by atoms with van der Waals surface area (Å²) in [5, 5.41) is 3.24. The number of aromatic nitrogens is 2. The Kier molecular flexibility index (Phi) is 6.26. The van der Waals surface area contributed by atoms with Gasteiger partial charge in [0.1, 0.15) is 22.0 Å². The first-order valence-electron chi connectivity index (χ1n) is 10.7. The second-order valence-electron chi connectivity index (χ2n) is 8.57. The first kappa shape index (κ1) is 23.0. The molecule has 1 amide bonds. The van der Waals surface area contributed by atoms with Crippen molar-refractivity contribution in [1.82, 2.24) is 9.97 Å². The maximum absolute atomic E-state index is 14.8. The molecule has 0 spiro atoms. The highest BCUT2D eigenvalue weighted by atomic mass is 35.5. The van der Waals surface area contributed by atoms with Gasteiger partial charge in [-0.05, 0) is 30.0 Å². The molecule has 0 radical (unpaired) electrons. The molecule has 0 bridgehead atoms. The van der Waals surface area contributed by atoms with Crippen LogP contribution in [0.4, 0.5) is 15.8 Å². The number of aryl methyl sites for hydroxylation is 1. The van der Waals surface area contributed by atoms with Crippen molar-refractivity contribution in [3.8, 4) is 5.75 Å². The van der Waals surface area contributed by atoms with E-state index in [1.54, 1.807) is 25.3 Å². The molecular weight excluding hydrogens is 443 g/mol. The van der Waals surface area contributed by atoms with Gasteiger partial charge in [0, 0.05) is 25.4 Å². The average molecular weight is 469 g/mol. The summed E-state index contributed by atoms with van der Waals surface area (Å²) >= 11 is 5.98. The van der Waals surface area contributed by atoms with Crippen molar-refractivity contribution in [2.24, 2.45) is 0 Å². The SMILES string of the molecule is COc1cc(Cl)ncc1NC(=O)C1(c2ccccc2C(C)C)CN(c2ccnc(C)c2F)C1. The molecule has 6 nitrogen and oxygen atoms in total. The quantitative estimate of drug-likeness (QED) is 0.509. The summed E-state index contributed by atoms with van der Waals surface area (Å²) in [5.74, 6) is 0.0573. The van der Waals surface area contributed by atoms with Gasteiger partial charge in [0.15, 0.2) is 5.82 Å². The molecule has 3 aromatic rings. The van der Waals surface area contributed by atoms with Gasteiger partial charge in [0.2, 0.25) is 5.91 Å². The lowest BCUT2D eigenvalue weighted by atomic mass is 9.69. The highest BCUT2D eigenvalue weighted by Crippen LogP contribution is 2.43. The molecule has 1 aliphatic rings. The lowest BCUT2D eigenvalue weighted by Crippen LogP contribution is -2.65. The Labute approximate surface area is 197 Å². The van der Waals surface area contributed by atoms with Crippen molar-refractivity contribution in [3.05, 3.63) is 76.6 Å². The number of ether oxygens (including phenoxy) is 1. The summed E-state index contributed by atoms with van der Waals surface area (Å²) in [4.78, 5) is 23.8. The fourth-order valence-corrected chi connectivity index (χ4v) is 4.49. The molecule has 0 atom stereocenters. The van der Waals surface area contributed by atoms with E-state index in [1.165, 1.54) is 13.3 Å². The summed E-state index contributed by atoms with van der Waals surface area (Å²) in [6.07, 6.45) is 3.06. The molecule has 8 heteroatoms. The van der Waals surface area contributed by atoms with Crippen molar-refractivity contribution in [1.29, 1.82) is 0 Å². The van der Waals surface area contributed by atoms with Gasteiger partial charge in [-0.25, -0.2) is 9.37 Å². The van der Waals surface area contributed by atoms with Crippen molar-refractivity contribution >= 4 is 28.9 Å². The number of hydrogen-bond donors (Lipinski definition) is 1. The molecule has 33 heavy (non-hydrogen) atoms. The van der Waals surface area contributed by atoms with Gasteiger partial charge in [-0.15, -0.1) is 0 Å². The van der Waals surface area contributed by atoms with Crippen LogP contribution < -0.4 is 15.0 Å². The molecule has 3 heterocycles. The second-order valence-corrected chi connectivity index (χ2v) is 8.96. The number of nitrogens with one attached hydrogen (secondary N) is 1. The van der Waals surface area contributed by atoms with Crippen LogP contribution in [0.5, 0.6) is 5.75 Å². The van der Waals surface area contributed by atoms with Crippen LogP contribution in [0.1, 0.15) is 36.6 Å². The molecule has 0 aliphatic carbocycles. The number of pyridine rings is 2. The summed E-state index contributed by atoms with van der Waals surface area (Å²) in [6.45, 7) is 6.48. The van der Waals surface area contributed by atoms with E-state index >= 15 is 0 Å². The van der Waals surface area contributed by atoms with Crippen molar-refractivity contribution in [3.63, 3.8) is 0 Å². The third kappa shape index (κ3) is 4.13. The molecule has 172 valence electrons. The van der Waals surface area contributed by atoms with E-state index in [9.17, 15) is 9.18 Å². The highest BCUT2D eigenvalue weighted by molar-refractivity contribution is 6.29. The first-order valence-corrected chi connectivity index (χ1v) is 11.1. The van der Waals surface area contributed by atoms with Crippen LogP contribution in [0.15, 0.2) is 48.8 Å². The minimum Gasteiger partial charge on any atom is -0.494 e. The van der Waals surface area contributed by atoms with E-state index < -0.39 is 5.41 Å². The van der Waals surface area contributed by atoms with Crippen molar-refractivity contribution in [2.75, 3.05) is 30.4 Å². The lowest BCUT2D eigenvalue weighted by molar-refractivity contribution is -0.122. The Morgan fingerprint density at radius 1 is 1.24 bits per heavy atom. The molecular formula is C25H26ClFN4O2. The molecule has 1 aliphatic heterocycles. The van der Waals surface area contributed by atoms with Crippen molar-refractivity contribution < 1.29 is 13.9 Å². The Morgan fingerprint density at radius 3 is 2.67 bits per heavy atom. The van der Waals surface area contributed by atoms with E-state index in [2.05, 4.69) is 29.1 Å². The van der Waals surface area contributed by atoms with Crippen LogP contribution >= 0.6 is 11.6 Å². The fraction of sp³-hybridized carbons (Fsp3) is 0.320. The normalized spacial score (nSPS) is 14.7. The maximum atomic E-state index is 14.8. The number of carbonyl (C=O) groups is 1. The van der Waals surface area contributed by atoms with E-state index in [0.29, 0.717) is 35.9 Å². The van der Waals surface area contributed by atoms with Crippen LogP contribution in [0, 0.1) is 12.7 Å². The molecule has 1 N–H and O–H groups in total. The van der Waals surface area contributed by atoms with Gasteiger partial charge in [-0.3, -0.25) is 9.78 Å². The molecule has 2 aromatic heterocycles. The van der Waals surface area contributed by atoms with Crippen LogP contribution in [-0.2, 0) is 10.2 Å². The van der Waals surface area contributed by atoms with E-state index in [-0.39, 0.29) is 22.8 Å². The largest absolute Gasteiger partial charge is 0.494 e. The number of halogens is 2. The Morgan fingerprint density at radius 2 is 1.97 bits per heavy atom. The van der Waals surface area contributed by atoms with Gasteiger partial charge in [0.05, 0.1) is 24.7 Å². The van der Waals surface area contributed by atoms with Crippen LogP contribution in [-0.4, -0.2) is 36.1 Å². The minimum atomic E-state index is -0.880. The van der Waals surface area contributed by atoms with Gasteiger partial charge in [-0.1, -0.05) is 49.7 Å². The zero-order chi connectivity index (χ0) is 23.8. The fourth-order valence-electron chi connectivity index (χ4n) is 4.35. The zero-order valence-corrected chi connectivity index (χ0v) is 19.8. The van der Waals surface area contributed by atoms with E-state index in [0.717, 1.165) is 11.1 Å². The summed E-state index contributed by atoms with van der Waals surface area (Å²) < 4.78 is 20.1. The molecule has 1 aromatic carbocycles. The topological polar surface area (TPSA) is 67.3 Å². The summed E-state index contributed by atoms with van der Waals surface area (Å²) in [7, 11) is 1.50. The summed E-state index contributed by atoms with van der Waals surface area (Å²) in [6, 6.07) is 11.1. The summed E-state index contributed by atoms with van der Waals surface area (Å²) in [5.41, 5.74) is 2.33. The number of amides is 1. The van der Waals surface area contributed by atoms with Crippen LogP contribution in [0.3, 0.4) is 0 Å². The van der Waals surface area contributed by atoms with Gasteiger partial charge in [0.25, 0.3) is 0 Å². The third-order valence-corrected chi connectivity index (χ3v) is 6.35. The van der Waals surface area contributed by atoms with Crippen LogP contribution in [0.2, 0.25) is 5.15 Å². The smallest absolute Gasteiger partial charge is 0.238 e. The van der Waals surface area contributed by atoms with Gasteiger partial charge in [-0.2, -0.15) is 0 Å². The lowest BCUT2D eigenvalue weighted by Gasteiger charge is -2.51. The second kappa shape index (κ2) is 8.98. The predicted molar refractivity (Wildman–Crippen MR) is 128 cm³/mol. The number of anilines is 2. The monoisotopic (exact) mass is 468 g/mol. The number of methoxy groups -OCH3 is 1. The highest BCUT2D eigenvalue weighted by Gasteiger charge is 2.52. The van der Waals surface area contributed by atoms with E-state index in [1.807, 2.05) is 29.2 Å². The number of benzene rings is 1. The first-order chi connectivity index (χ1) is 15.8. The average Bonchev–Trinajstić information content (AvgIpc) is 2.77. The predicted octanol–water partition coefficient (Wildman–Crippen LogP) is 5.11. The maximum Gasteiger partial charge on any atom is 0.238 e. The van der Waals surface area contributed by atoms with Gasteiger partial charge >= 0.3 is 0 Å². The van der Waals surface area contributed by atoms with E-state index in [4.69, 9.17) is 16.3 Å². The minimum absolute atomic E-state index is 0.208. The number of hydrogen-bond acceptors (Lipinski definition) is 5. The molecule has 1 saturated heterocycles. The Hall–Kier alpha value is -3.19. The van der Waals surface area contributed by atoms with Gasteiger partial charge < -0.3 is 15.0 Å². The third-order valence-electron chi connectivity index (χ3n) is 6.14. The van der Waals surface area contributed by atoms with Crippen molar-refractivity contribution in [2.45, 2.75) is 32.1 Å². The Balaban J connectivity index is 1.74. The number of nitrogens with zero attached hydrogens (tertiary/aromatic N) is 3. The standard InChI is InChI=1S/C25H26ClFN4O2/c1-15(2)17-7-5-6-8-18(17)25(13-31(14-25)20-9-10-28-16(3)23(20)27)24(32)30-19-12-29-22(26)11-21(19)33-4/h5-12,15H,13-14H2,1-4H3,(H,30,32). The zero-order valence-electron chi connectivity index (χ0n) is 19.0. The number of carbonyl (C=O) groups excluding carboxylic acids is 1. The van der Waals surface area contributed by atoms with Crippen LogP contribution in [0.25, 0.3) is 0 Å². The number of rotatable bonds is 6. The molecule has 4 rings (SSSR count). The molecule has 1 fully saturated rings. The molecule has 0 saturated carbocycles.